The molecule has 0 fully saturated rings. The average Bonchev–Trinajstić information content (AvgIpc) is 2.57. The maximum absolute atomic E-state index is 11.8. The molecule has 6 nitrogen and oxygen atoms in total. The van der Waals surface area contributed by atoms with Crippen molar-refractivity contribution in [3.8, 4) is 5.75 Å². The lowest BCUT2D eigenvalue weighted by atomic mass is 10.0. The van der Waals surface area contributed by atoms with Crippen molar-refractivity contribution >= 4 is 11.9 Å². The summed E-state index contributed by atoms with van der Waals surface area (Å²) in [5.74, 6) is 1.46. The van der Waals surface area contributed by atoms with E-state index in [2.05, 4.69) is 22.2 Å². The van der Waals surface area contributed by atoms with E-state index in [1.807, 2.05) is 31.2 Å². The van der Waals surface area contributed by atoms with Gasteiger partial charge in [-0.1, -0.05) is 30.4 Å². The minimum Gasteiger partial charge on any atom is -0.493 e. The first kappa shape index (κ1) is 17.8. The van der Waals surface area contributed by atoms with Gasteiger partial charge in [0.15, 0.2) is 5.96 Å². The van der Waals surface area contributed by atoms with Gasteiger partial charge in [0.25, 0.3) is 0 Å². The highest BCUT2D eigenvalue weighted by atomic mass is 16.5. The monoisotopic (exact) mass is 330 g/mol. The van der Waals surface area contributed by atoms with E-state index >= 15 is 0 Å². The first-order chi connectivity index (χ1) is 11.5. The van der Waals surface area contributed by atoms with Gasteiger partial charge in [0.05, 0.1) is 12.6 Å². The van der Waals surface area contributed by atoms with Crippen LogP contribution in [0.3, 0.4) is 0 Å². The molecule has 24 heavy (non-hydrogen) atoms. The van der Waals surface area contributed by atoms with Crippen LogP contribution in [0.5, 0.6) is 5.75 Å². The van der Waals surface area contributed by atoms with Crippen molar-refractivity contribution in [2.45, 2.75) is 19.4 Å². The van der Waals surface area contributed by atoms with Gasteiger partial charge in [-0.15, -0.1) is 0 Å². The molecule has 0 aromatic heterocycles. The lowest BCUT2D eigenvalue weighted by Gasteiger charge is -2.28. The van der Waals surface area contributed by atoms with Crippen molar-refractivity contribution < 1.29 is 9.53 Å². The van der Waals surface area contributed by atoms with Crippen LogP contribution < -0.4 is 15.4 Å². The lowest BCUT2D eigenvalue weighted by Crippen LogP contribution is -2.42. The summed E-state index contributed by atoms with van der Waals surface area (Å²) < 4.78 is 5.69. The normalized spacial score (nSPS) is 16.6. The van der Waals surface area contributed by atoms with E-state index in [4.69, 9.17) is 4.74 Å². The smallest absolute Gasteiger partial charge is 0.243 e. The Labute approximate surface area is 143 Å². The van der Waals surface area contributed by atoms with Gasteiger partial charge in [0, 0.05) is 32.6 Å². The Morgan fingerprint density at radius 3 is 2.88 bits per heavy atom. The van der Waals surface area contributed by atoms with Crippen molar-refractivity contribution in [1.82, 2.24) is 15.5 Å². The Balaban J connectivity index is 2.11. The molecule has 0 saturated heterocycles. The molecule has 6 heteroatoms. The molecular weight excluding hydrogens is 304 g/mol. The molecule has 130 valence electrons. The molecule has 0 saturated carbocycles. The summed E-state index contributed by atoms with van der Waals surface area (Å²) in [5, 5.41) is 6.63. The van der Waals surface area contributed by atoms with Gasteiger partial charge in [-0.2, -0.15) is 0 Å². The molecule has 1 unspecified atom stereocenters. The summed E-state index contributed by atoms with van der Waals surface area (Å²) >= 11 is 0. The molecule has 1 aliphatic heterocycles. The maximum atomic E-state index is 11.8. The van der Waals surface area contributed by atoms with E-state index in [-0.39, 0.29) is 18.5 Å². The summed E-state index contributed by atoms with van der Waals surface area (Å²) in [6.07, 6.45) is 0.840. The summed E-state index contributed by atoms with van der Waals surface area (Å²) in [7, 11) is 3.45. The van der Waals surface area contributed by atoms with E-state index in [1.165, 1.54) is 4.90 Å². The molecule has 1 aromatic carbocycles. The van der Waals surface area contributed by atoms with Crippen LogP contribution in [0.15, 0.2) is 41.4 Å². The molecular formula is C18H26N4O2. The zero-order valence-electron chi connectivity index (χ0n) is 14.6. The molecule has 0 bridgehead atoms. The van der Waals surface area contributed by atoms with Gasteiger partial charge in [-0.3, -0.25) is 4.79 Å². The van der Waals surface area contributed by atoms with Gasteiger partial charge in [-0.25, -0.2) is 4.99 Å². The van der Waals surface area contributed by atoms with Crippen molar-refractivity contribution in [1.29, 1.82) is 0 Å². The lowest BCUT2D eigenvalue weighted by molar-refractivity contribution is -0.127. The number of fused-ring (bicyclic) bond motifs is 1. The van der Waals surface area contributed by atoms with E-state index in [0.29, 0.717) is 19.1 Å². The highest BCUT2D eigenvalue weighted by Crippen LogP contribution is 2.31. The Morgan fingerprint density at radius 2 is 2.17 bits per heavy atom. The second-order valence-corrected chi connectivity index (χ2v) is 6.14. The van der Waals surface area contributed by atoms with Crippen LogP contribution in [0.2, 0.25) is 0 Å². The Bertz CT molecular complexity index is 625. The maximum Gasteiger partial charge on any atom is 0.243 e. The molecule has 1 aliphatic rings. The number of para-hydroxylation sites is 1. The van der Waals surface area contributed by atoms with Crippen molar-refractivity contribution in [2.75, 3.05) is 33.8 Å². The van der Waals surface area contributed by atoms with Crippen LogP contribution in [0, 0.1) is 0 Å². The minimum atomic E-state index is -0.0428. The third kappa shape index (κ3) is 5.01. The second kappa shape index (κ2) is 8.38. The fourth-order valence-corrected chi connectivity index (χ4v) is 2.33. The van der Waals surface area contributed by atoms with E-state index in [1.54, 1.807) is 14.1 Å². The van der Waals surface area contributed by atoms with Crippen molar-refractivity contribution in [3.05, 3.63) is 42.0 Å². The predicted octanol–water partition coefficient (Wildman–Crippen LogP) is 1.71. The fraction of sp³-hybridized carbons (Fsp3) is 0.444. The highest BCUT2D eigenvalue weighted by Gasteiger charge is 2.22. The molecule has 2 rings (SSSR count). The standard InChI is InChI=1S/C18H26N4O2/c1-13(2)11-19-18(20-12-17(23)22(3)4)21-15-9-10-24-16-8-6-5-7-14(15)16/h5-8,15H,1,9-12H2,2-4H3,(H2,19,20,21). The predicted molar refractivity (Wildman–Crippen MR) is 96.2 cm³/mol. The minimum absolute atomic E-state index is 0.0428. The van der Waals surface area contributed by atoms with Crippen LogP contribution >= 0.6 is 0 Å². The first-order valence-corrected chi connectivity index (χ1v) is 8.08. The van der Waals surface area contributed by atoms with Gasteiger partial charge in [-0.05, 0) is 13.0 Å². The number of benzene rings is 1. The number of rotatable bonds is 5. The Hall–Kier alpha value is -2.50. The van der Waals surface area contributed by atoms with E-state index in [0.717, 1.165) is 23.3 Å². The Morgan fingerprint density at radius 1 is 1.42 bits per heavy atom. The largest absolute Gasteiger partial charge is 0.493 e. The SMILES string of the molecule is C=C(C)CNC(=NCC(=O)N(C)C)NC1CCOc2ccccc21. The van der Waals surface area contributed by atoms with Crippen molar-refractivity contribution in [3.63, 3.8) is 0 Å². The van der Waals surface area contributed by atoms with Crippen molar-refractivity contribution in [2.24, 2.45) is 4.99 Å². The molecule has 1 aromatic rings. The molecule has 2 N–H and O–H groups in total. The zero-order chi connectivity index (χ0) is 17.5. The summed E-state index contributed by atoms with van der Waals surface area (Å²) in [5.41, 5.74) is 2.10. The number of hydrogen-bond acceptors (Lipinski definition) is 3. The number of nitrogens with one attached hydrogen (secondary N) is 2. The van der Waals surface area contributed by atoms with Gasteiger partial charge < -0.3 is 20.3 Å². The van der Waals surface area contributed by atoms with Crippen LogP contribution in [0.4, 0.5) is 0 Å². The van der Waals surface area contributed by atoms with E-state index < -0.39 is 0 Å². The van der Waals surface area contributed by atoms with Crippen LogP contribution in [0.1, 0.15) is 24.9 Å². The fourth-order valence-electron chi connectivity index (χ4n) is 2.33. The molecule has 0 spiro atoms. The zero-order valence-corrected chi connectivity index (χ0v) is 14.6. The number of nitrogens with zero attached hydrogens (tertiary/aromatic N) is 2. The van der Waals surface area contributed by atoms with Crippen LogP contribution in [0.25, 0.3) is 0 Å². The number of carbonyl (C=O) groups is 1. The first-order valence-electron chi connectivity index (χ1n) is 8.08. The quantitative estimate of drug-likeness (QED) is 0.490. The number of aliphatic imine (C=N–C) groups is 1. The summed E-state index contributed by atoms with van der Waals surface area (Å²) in [6, 6.07) is 8.08. The molecule has 1 heterocycles. The van der Waals surface area contributed by atoms with Crippen LogP contribution in [-0.4, -0.2) is 50.6 Å². The number of ether oxygens (including phenoxy) is 1. The summed E-state index contributed by atoms with van der Waals surface area (Å²) in [6.45, 7) is 7.19. The number of likely N-dealkylation sites (N-methyl/N-ethyl adjacent to an activating group) is 1. The molecule has 1 amide bonds. The topological polar surface area (TPSA) is 66.0 Å². The Kier molecular flexibility index (Phi) is 6.23. The number of guanidine groups is 1. The van der Waals surface area contributed by atoms with Gasteiger partial charge in [0.1, 0.15) is 12.3 Å². The molecule has 0 radical (unpaired) electrons. The number of hydrogen-bond donors (Lipinski definition) is 2. The third-order valence-corrected chi connectivity index (χ3v) is 3.70. The molecule has 0 aliphatic carbocycles. The number of carbonyl (C=O) groups excluding carboxylic acids is 1. The van der Waals surface area contributed by atoms with E-state index in [9.17, 15) is 4.79 Å². The third-order valence-electron chi connectivity index (χ3n) is 3.70. The summed E-state index contributed by atoms with van der Waals surface area (Å²) in [4.78, 5) is 17.7. The van der Waals surface area contributed by atoms with Crippen LogP contribution in [-0.2, 0) is 4.79 Å². The average molecular weight is 330 g/mol. The second-order valence-electron chi connectivity index (χ2n) is 6.14. The number of amides is 1. The van der Waals surface area contributed by atoms with Gasteiger partial charge in [0.2, 0.25) is 5.91 Å². The van der Waals surface area contributed by atoms with Gasteiger partial charge >= 0.3 is 0 Å². The highest BCUT2D eigenvalue weighted by molar-refractivity contribution is 5.85. The molecule has 1 atom stereocenters.